The largest absolute Gasteiger partial charge is 0.288 e. The van der Waals surface area contributed by atoms with Crippen molar-refractivity contribution in [2.24, 2.45) is 5.92 Å². The number of carbonyl (C=O) groups is 1. The summed E-state index contributed by atoms with van der Waals surface area (Å²) in [5.41, 5.74) is 0. The lowest BCUT2D eigenvalue weighted by atomic mass is 10.0. The summed E-state index contributed by atoms with van der Waals surface area (Å²) in [6.07, 6.45) is 1.71. The number of hydrogen-bond donors (Lipinski definition) is 1. The molecule has 0 saturated heterocycles. The second kappa shape index (κ2) is 6.59. The van der Waals surface area contributed by atoms with Crippen LogP contribution in [-0.2, 0) is 4.79 Å². The fourth-order valence-electron chi connectivity index (χ4n) is 0.929. The van der Waals surface area contributed by atoms with Crippen LogP contribution in [0.25, 0.3) is 0 Å². The Kier molecular flexibility index (Phi) is 7.24. The van der Waals surface area contributed by atoms with Crippen LogP contribution in [-0.4, -0.2) is 9.83 Å². The Hall–Kier alpha value is 1.09. The maximum absolute atomic E-state index is 10.7. The first-order chi connectivity index (χ1) is 5.06. The molecule has 1 N–H and O–H groups in total. The third-order valence-corrected chi connectivity index (χ3v) is 2.64. The molecule has 0 rings (SSSR count). The highest BCUT2D eigenvalue weighted by atomic mass is 127. The fourth-order valence-corrected chi connectivity index (χ4v) is 1.94. The van der Waals surface area contributed by atoms with E-state index in [1.54, 1.807) is 0 Å². The van der Waals surface area contributed by atoms with Crippen molar-refractivity contribution in [2.45, 2.75) is 32.7 Å². The molecular formula is C7H13I2NO. The number of rotatable bonds is 5. The molecule has 0 unspecified atom stereocenters. The van der Waals surface area contributed by atoms with Crippen LogP contribution < -0.4 is 3.53 Å². The smallest absolute Gasteiger partial charge is 0.193 e. The van der Waals surface area contributed by atoms with Gasteiger partial charge in [0.1, 0.15) is 0 Å². The lowest BCUT2D eigenvalue weighted by molar-refractivity contribution is -0.109. The Morgan fingerprint density at radius 3 is 2.36 bits per heavy atom. The molecule has 11 heavy (non-hydrogen) atoms. The van der Waals surface area contributed by atoms with Crippen LogP contribution in [0.4, 0.5) is 0 Å². The van der Waals surface area contributed by atoms with E-state index >= 15 is 0 Å². The lowest BCUT2D eigenvalue weighted by Gasteiger charge is -2.14. The van der Waals surface area contributed by atoms with Crippen LogP contribution in [0.2, 0.25) is 0 Å². The van der Waals surface area contributed by atoms with Gasteiger partial charge in [0.25, 0.3) is 0 Å². The van der Waals surface area contributed by atoms with E-state index in [1.165, 1.54) is 0 Å². The zero-order valence-electron chi connectivity index (χ0n) is 6.73. The summed E-state index contributed by atoms with van der Waals surface area (Å²) in [5.74, 6) is 0.651. The van der Waals surface area contributed by atoms with E-state index < -0.39 is 0 Å². The van der Waals surface area contributed by atoms with Crippen molar-refractivity contribution in [3.8, 4) is 0 Å². The third kappa shape index (κ3) is 7.45. The van der Waals surface area contributed by atoms with Gasteiger partial charge in [-0.3, -0.25) is 8.32 Å². The van der Waals surface area contributed by atoms with Crippen molar-refractivity contribution >= 4 is 49.2 Å². The van der Waals surface area contributed by atoms with Gasteiger partial charge in [-0.15, -0.1) is 0 Å². The van der Waals surface area contributed by atoms with Crippen LogP contribution in [0, 0.1) is 5.92 Å². The third-order valence-electron chi connectivity index (χ3n) is 1.32. The number of halogens is 2. The quantitative estimate of drug-likeness (QED) is 0.451. The predicted octanol–water partition coefficient (Wildman–Crippen LogP) is 2.69. The second-order valence-electron chi connectivity index (χ2n) is 2.99. The SMILES string of the molecule is CC(C)C[C@@H](CC(=O)I)NI. The topological polar surface area (TPSA) is 29.1 Å². The summed E-state index contributed by atoms with van der Waals surface area (Å²) in [6, 6.07) is 0.347. The first kappa shape index (κ1) is 12.1. The highest BCUT2D eigenvalue weighted by molar-refractivity contribution is 14.1. The van der Waals surface area contributed by atoms with Gasteiger partial charge < -0.3 is 0 Å². The summed E-state index contributed by atoms with van der Waals surface area (Å²) < 4.78 is 3.34. The predicted molar refractivity (Wildman–Crippen MR) is 64.0 cm³/mol. The van der Waals surface area contributed by atoms with Gasteiger partial charge in [-0.2, -0.15) is 0 Å². The summed E-state index contributed by atoms with van der Waals surface area (Å²) in [7, 11) is 0. The Bertz CT molecular complexity index is 128. The molecule has 0 saturated carbocycles. The zero-order chi connectivity index (χ0) is 8.85. The molecule has 0 aliphatic rings. The fraction of sp³-hybridized carbons (Fsp3) is 0.857. The molecule has 0 amide bonds. The highest BCUT2D eigenvalue weighted by Crippen LogP contribution is 2.11. The summed E-state index contributed by atoms with van der Waals surface area (Å²) in [4.78, 5) is 10.7. The minimum Gasteiger partial charge on any atom is -0.288 e. The van der Waals surface area contributed by atoms with Crippen LogP contribution in [0.3, 0.4) is 0 Å². The van der Waals surface area contributed by atoms with E-state index in [2.05, 4.69) is 40.2 Å². The lowest BCUT2D eigenvalue weighted by Crippen LogP contribution is -2.23. The molecule has 0 aliphatic heterocycles. The first-order valence-electron chi connectivity index (χ1n) is 3.60. The van der Waals surface area contributed by atoms with Gasteiger partial charge in [-0.1, -0.05) is 13.8 Å². The minimum atomic E-state index is 0.234. The van der Waals surface area contributed by atoms with Crippen molar-refractivity contribution in [1.82, 2.24) is 3.53 Å². The van der Waals surface area contributed by atoms with Crippen molar-refractivity contribution in [3.05, 3.63) is 0 Å². The van der Waals surface area contributed by atoms with E-state index in [9.17, 15) is 4.79 Å². The van der Waals surface area contributed by atoms with Gasteiger partial charge >= 0.3 is 0 Å². The zero-order valence-corrected chi connectivity index (χ0v) is 11.0. The van der Waals surface area contributed by atoms with Crippen molar-refractivity contribution in [2.75, 3.05) is 0 Å². The average Bonchev–Trinajstić information content (AvgIpc) is 1.84. The number of nitrogens with one attached hydrogen (secondary N) is 1. The van der Waals surface area contributed by atoms with Gasteiger partial charge in [0.05, 0.1) is 0 Å². The van der Waals surface area contributed by atoms with Crippen LogP contribution in [0.5, 0.6) is 0 Å². The molecule has 0 fully saturated rings. The van der Waals surface area contributed by atoms with E-state index in [-0.39, 0.29) is 3.79 Å². The van der Waals surface area contributed by atoms with E-state index in [4.69, 9.17) is 0 Å². The minimum absolute atomic E-state index is 0.234. The van der Waals surface area contributed by atoms with Crippen LogP contribution in [0.1, 0.15) is 26.7 Å². The Morgan fingerprint density at radius 1 is 1.55 bits per heavy atom. The van der Waals surface area contributed by atoms with Gasteiger partial charge in [-0.05, 0) is 34.9 Å². The Morgan fingerprint density at radius 2 is 2.09 bits per heavy atom. The summed E-state index contributed by atoms with van der Waals surface area (Å²) in [6.45, 7) is 4.33. The van der Waals surface area contributed by atoms with Crippen molar-refractivity contribution in [3.63, 3.8) is 0 Å². The van der Waals surface area contributed by atoms with Crippen molar-refractivity contribution < 1.29 is 4.79 Å². The Labute approximate surface area is 95.5 Å². The molecule has 4 heteroatoms. The first-order valence-corrected chi connectivity index (χ1v) is 5.76. The second-order valence-corrected chi connectivity index (χ2v) is 4.82. The van der Waals surface area contributed by atoms with E-state index in [0.29, 0.717) is 18.4 Å². The molecular weight excluding hydrogens is 368 g/mol. The van der Waals surface area contributed by atoms with Gasteiger partial charge in [0, 0.05) is 35.3 Å². The number of carbonyl (C=O) groups excluding carboxylic acids is 1. The monoisotopic (exact) mass is 381 g/mol. The standard InChI is InChI=1S/C7H13I2NO/c1-5(2)3-6(10-9)4-7(8)11/h5-6,10H,3-4H2,1-2H3/t6-/m0/s1. The molecule has 1 atom stereocenters. The normalized spacial score (nSPS) is 13.5. The van der Waals surface area contributed by atoms with Gasteiger partial charge in [0.2, 0.25) is 0 Å². The molecule has 0 aromatic rings. The van der Waals surface area contributed by atoms with Crippen molar-refractivity contribution in [1.29, 1.82) is 0 Å². The molecule has 66 valence electrons. The maximum Gasteiger partial charge on any atom is 0.193 e. The summed E-state index contributed by atoms with van der Waals surface area (Å²) in [5, 5.41) is 0. The molecule has 0 aromatic carbocycles. The number of hydrogen-bond acceptors (Lipinski definition) is 2. The molecule has 0 heterocycles. The van der Waals surface area contributed by atoms with Gasteiger partial charge in [-0.25, -0.2) is 0 Å². The maximum atomic E-state index is 10.7. The average molecular weight is 381 g/mol. The molecule has 2 nitrogen and oxygen atoms in total. The van der Waals surface area contributed by atoms with Crippen LogP contribution in [0.15, 0.2) is 0 Å². The Balaban J connectivity index is 3.66. The molecule has 0 radical (unpaired) electrons. The van der Waals surface area contributed by atoms with Gasteiger partial charge in [0.15, 0.2) is 3.79 Å². The molecule has 0 aromatic heterocycles. The van der Waals surface area contributed by atoms with E-state index in [0.717, 1.165) is 6.42 Å². The molecule has 0 aliphatic carbocycles. The van der Waals surface area contributed by atoms with E-state index in [1.807, 2.05) is 22.6 Å². The molecule has 0 spiro atoms. The molecule has 0 bridgehead atoms. The highest BCUT2D eigenvalue weighted by Gasteiger charge is 2.11. The summed E-state index contributed by atoms with van der Waals surface area (Å²) >= 11 is 3.96. The van der Waals surface area contributed by atoms with Crippen LogP contribution >= 0.6 is 45.5 Å².